The summed E-state index contributed by atoms with van der Waals surface area (Å²) in [6.45, 7) is 5.05. The van der Waals surface area contributed by atoms with Crippen molar-refractivity contribution in [2.24, 2.45) is 0 Å². The zero-order chi connectivity index (χ0) is 20.3. The molecule has 0 aromatic rings. The van der Waals surface area contributed by atoms with E-state index in [4.69, 9.17) is 18.9 Å². The molecule has 0 bridgehead atoms. The van der Waals surface area contributed by atoms with Crippen molar-refractivity contribution in [2.45, 2.75) is 61.0 Å². The van der Waals surface area contributed by atoms with Gasteiger partial charge in [0, 0.05) is 0 Å². The number of nitrogens with zero attached hydrogens (tertiary/aromatic N) is 2. The molecule has 4 saturated heterocycles. The normalized spacial score (nSPS) is 40.9. The molecule has 8 atom stereocenters. The maximum Gasteiger partial charge on any atom is 0.294 e. The molecule has 0 aliphatic carbocycles. The average molecular weight is 442 g/mol. The van der Waals surface area contributed by atoms with E-state index >= 15 is 0 Å². The fraction of sp³-hybridized carbons (Fsp3) is 1.00. The van der Waals surface area contributed by atoms with Crippen LogP contribution in [0.15, 0.2) is 0 Å². The molecule has 4 fully saturated rings. The van der Waals surface area contributed by atoms with Gasteiger partial charge in [-0.05, 0) is 0 Å². The molecule has 4 heterocycles. The summed E-state index contributed by atoms with van der Waals surface area (Å²) >= 11 is 0. The molecule has 0 N–H and O–H groups in total. The van der Waals surface area contributed by atoms with Crippen LogP contribution in [0.25, 0.3) is 0 Å². The summed E-state index contributed by atoms with van der Waals surface area (Å²) in [6, 6.07) is 0. The van der Waals surface area contributed by atoms with E-state index in [0.29, 0.717) is 13.2 Å². The molecule has 4 rings (SSSR count). The molecule has 0 amide bonds. The van der Waals surface area contributed by atoms with Gasteiger partial charge in [-0.3, -0.25) is 0 Å². The van der Waals surface area contributed by atoms with E-state index in [2.05, 4.69) is 9.68 Å². The minimum absolute atomic E-state index is 0.00312. The van der Waals surface area contributed by atoms with Crippen LogP contribution in [-0.2, 0) is 28.6 Å². The van der Waals surface area contributed by atoms with E-state index in [0.717, 1.165) is 0 Å². The first kappa shape index (κ1) is 21.6. The predicted octanol–water partition coefficient (Wildman–Crippen LogP) is 0.880. The second-order valence-corrected chi connectivity index (χ2v) is 8.95. The first-order chi connectivity index (χ1) is 13.5. The highest BCUT2D eigenvalue weighted by Gasteiger charge is 2.52. The van der Waals surface area contributed by atoms with Gasteiger partial charge in [0.05, 0.1) is 36.9 Å². The standard InChI is InChI=1S/C12H16N2O10S2.C2H6/c15-13(16)23-5-1-19-11-7(3-21-9(5)11)25-26-8-4-22-10-6(24-14(17)18)2-20-12(8)10;1-2/h5-12H,1-4H2;1-2H3/t5?,6?,7-,8-,9+,10+,11+,12+;/m0./s1. The van der Waals surface area contributed by atoms with Crippen LogP contribution in [0.2, 0.25) is 0 Å². The van der Waals surface area contributed by atoms with Crippen molar-refractivity contribution in [3.8, 4) is 0 Å². The molecule has 0 spiro atoms. The Hall–Kier alpha value is -1.06. The molecule has 160 valence electrons. The van der Waals surface area contributed by atoms with Crippen molar-refractivity contribution in [1.29, 1.82) is 0 Å². The van der Waals surface area contributed by atoms with E-state index in [1.807, 2.05) is 13.8 Å². The highest BCUT2D eigenvalue weighted by Crippen LogP contribution is 2.45. The van der Waals surface area contributed by atoms with Crippen LogP contribution in [0.1, 0.15) is 13.8 Å². The van der Waals surface area contributed by atoms with E-state index in [9.17, 15) is 20.2 Å². The first-order valence-electron chi connectivity index (χ1n) is 8.94. The van der Waals surface area contributed by atoms with Crippen LogP contribution in [0.3, 0.4) is 0 Å². The molecule has 0 aromatic heterocycles. The summed E-state index contributed by atoms with van der Waals surface area (Å²) in [5.74, 6) is 0. The maximum absolute atomic E-state index is 10.5. The molecular weight excluding hydrogens is 420 g/mol. The number of ether oxygens (including phenoxy) is 4. The Labute approximate surface area is 168 Å². The third-order valence-electron chi connectivity index (χ3n) is 4.67. The van der Waals surface area contributed by atoms with Crippen molar-refractivity contribution in [3.05, 3.63) is 20.2 Å². The lowest BCUT2D eigenvalue weighted by atomic mass is 10.1. The van der Waals surface area contributed by atoms with Crippen LogP contribution in [-0.4, -0.2) is 83.7 Å². The smallest absolute Gasteiger partial charge is 0.294 e. The third-order valence-corrected chi connectivity index (χ3v) is 7.90. The average Bonchev–Trinajstić information content (AvgIpc) is 3.39. The second kappa shape index (κ2) is 9.63. The Morgan fingerprint density at radius 1 is 0.714 bits per heavy atom. The topological polar surface area (TPSA) is 142 Å². The van der Waals surface area contributed by atoms with Gasteiger partial charge >= 0.3 is 0 Å². The number of hydrogen-bond donors (Lipinski definition) is 0. The van der Waals surface area contributed by atoms with Gasteiger partial charge in [-0.2, -0.15) is 0 Å². The molecule has 0 saturated carbocycles. The van der Waals surface area contributed by atoms with Crippen molar-refractivity contribution in [3.63, 3.8) is 0 Å². The number of hydrogen-bond acceptors (Lipinski definition) is 12. The lowest BCUT2D eigenvalue weighted by molar-refractivity contribution is -0.769. The first-order valence-corrected chi connectivity index (χ1v) is 11.2. The minimum atomic E-state index is -0.828. The molecule has 28 heavy (non-hydrogen) atoms. The summed E-state index contributed by atoms with van der Waals surface area (Å²) in [5, 5.41) is 19.4. The lowest BCUT2D eigenvalue weighted by Gasteiger charge is -2.19. The Morgan fingerprint density at radius 2 is 1.07 bits per heavy atom. The Balaban J connectivity index is 0.00000109. The molecule has 4 aliphatic rings. The molecule has 12 nitrogen and oxygen atoms in total. The molecule has 14 heteroatoms. The van der Waals surface area contributed by atoms with Crippen molar-refractivity contribution in [1.82, 2.24) is 0 Å². The van der Waals surface area contributed by atoms with Gasteiger partial charge in [0.2, 0.25) is 0 Å². The largest absolute Gasteiger partial charge is 0.372 e. The maximum atomic E-state index is 10.5. The predicted molar refractivity (Wildman–Crippen MR) is 96.8 cm³/mol. The summed E-state index contributed by atoms with van der Waals surface area (Å²) in [7, 11) is 3.10. The minimum Gasteiger partial charge on any atom is -0.372 e. The van der Waals surface area contributed by atoms with Crippen molar-refractivity contribution < 1.29 is 38.8 Å². The van der Waals surface area contributed by atoms with Gasteiger partial charge in [-0.1, -0.05) is 35.4 Å². The zero-order valence-electron chi connectivity index (χ0n) is 15.2. The third kappa shape index (κ3) is 4.57. The summed E-state index contributed by atoms with van der Waals surface area (Å²) in [4.78, 5) is 30.2. The Morgan fingerprint density at radius 3 is 1.43 bits per heavy atom. The van der Waals surface area contributed by atoms with Crippen molar-refractivity contribution in [2.75, 3.05) is 26.4 Å². The van der Waals surface area contributed by atoms with Crippen LogP contribution < -0.4 is 0 Å². The number of fused-ring (bicyclic) bond motifs is 2. The quantitative estimate of drug-likeness (QED) is 0.314. The van der Waals surface area contributed by atoms with Crippen LogP contribution >= 0.6 is 21.6 Å². The van der Waals surface area contributed by atoms with E-state index in [1.54, 1.807) is 21.6 Å². The molecule has 4 aliphatic heterocycles. The summed E-state index contributed by atoms with van der Waals surface area (Å²) < 4.78 is 22.5. The zero-order valence-corrected chi connectivity index (χ0v) is 16.9. The SMILES string of the molecule is CC.O=[N+]([O-])OC1CO[C@@H]2[C@@H](SS[C@H]3CO[C@@H]4C(O[N+](=O)[O-])CO[C@H]34)CO[C@H]12. The lowest BCUT2D eigenvalue weighted by Crippen LogP contribution is -2.34. The van der Waals surface area contributed by atoms with Crippen LogP contribution in [0, 0.1) is 20.2 Å². The van der Waals surface area contributed by atoms with Gasteiger partial charge in [-0.15, -0.1) is 20.2 Å². The van der Waals surface area contributed by atoms with E-state index < -0.39 is 34.6 Å². The van der Waals surface area contributed by atoms with Gasteiger partial charge in [0.15, 0.2) is 12.2 Å². The van der Waals surface area contributed by atoms with Gasteiger partial charge < -0.3 is 28.6 Å². The fourth-order valence-corrected chi connectivity index (χ4v) is 6.65. The van der Waals surface area contributed by atoms with Gasteiger partial charge in [-0.25, -0.2) is 0 Å². The highest BCUT2D eigenvalue weighted by atomic mass is 33.1. The molecule has 2 unspecified atom stereocenters. The highest BCUT2D eigenvalue weighted by molar-refractivity contribution is 8.77. The van der Waals surface area contributed by atoms with Gasteiger partial charge in [0.25, 0.3) is 10.2 Å². The van der Waals surface area contributed by atoms with Gasteiger partial charge in [0.1, 0.15) is 24.4 Å². The second-order valence-electron chi connectivity index (χ2n) is 6.20. The summed E-state index contributed by atoms with van der Waals surface area (Å²) in [6.07, 6.45) is -2.86. The van der Waals surface area contributed by atoms with E-state index in [-0.39, 0.29) is 35.9 Å². The van der Waals surface area contributed by atoms with E-state index in [1.165, 1.54) is 0 Å². The Bertz CT molecular complexity index is 524. The molecule has 0 aromatic carbocycles. The molecule has 0 radical (unpaired) electrons. The Kier molecular flexibility index (Phi) is 7.44. The van der Waals surface area contributed by atoms with Crippen molar-refractivity contribution >= 4 is 21.6 Å². The monoisotopic (exact) mass is 442 g/mol. The summed E-state index contributed by atoms with van der Waals surface area (Å²) in [5.41, 5.74) is 0. The molecular formula is C14H22N2O10S2. The van der Waals surface area contributed by atoms with Crippen LogP contribution in [0.5, 0.6) is 0 Å². The fourth-order valence-electron chi connectivity index (χ4n) is 3.57. The number of rotatable bonds is 7. The van der Waals surface area contributed by atoms with Crippen LogP contribution in [0.4, 0.5) is 0 Å².